The summed E-state index contributed by atoms with van der Waals surface area (Å²) in [7, 11) is 0. The summed E-state index contributed by atoms with van der Waals surface area (Å²) < 4.78 is 5.20. The molecule has 0 fully saturated rings. The summed E-state index contributed by atoms with van der Waals surface area (Å²) in [6.45, 7) is 1.58. The van der Waals surface area contributed by atoms with Gasteiger partial charge in [-0.3, -0.25) is 15.0 Å². The van der Waals surface area contributed by atoms with Gasteiger partial charge in [-0.1, -0.05) is 18.2 Å². The molecule has 0 aliphatic rings. The molecule has 120 valence electrons. The molecule has 0 saturated carbocycles. The SMILES string of the molecule is C/C(=N/NC(=O)CCC(=O)NN)c1cc2ccccc2oc1=O. The molecule has 8 nitrogen and oxygen atoms in total. The largest absolute Gasteiger partial charge is 0.422 e. The van der Waals surface area contributed by atoms with E-state index in [1.807, 2.05) is 11.5 Å². The van der Waals surface area contributed by atoms with E-state index in [0.717, 1.165) is 5.39 Å². The highest BCUT2D eigenvalue weighted by Crippen LogP contribution is 2.12. The number of nitrogens with two attached hydrogens (primary N) is 1. The van der Waals surface area contributed by atoms with Crippen LogP contribution in [0.1, 0.15) is 25.3 Å². The maximum atomic E-state index is 11.9. The molecule has 23 heavy (non-hydrogen) atoms. The van der Waals surface area contributed by atoms with Crippen LogP contribution < -0.4 is 22.3 Å². The fourth-order valence-corrected chi connectivity index (χ4v) is 1.88. The van der Waals surface area contributed by atoms with E-state index < -0.39 is 17.4 Å². The monoisotopic (exact) mass is 316 g/mol. The highest BCUT2D eigenvalue weighted by atomic mass is 16.4. The lowest BCUT2D eigenvalue weighted by molar-refractivity contribution is -0.126. The molecule has 0 aliphatic carbocycles. The Hall–Kier alpha value is -3.00. The van der Waals surface area contributed by atoms with Gasteiger partial charge in [0.05, 0.1) is 11.3 Å². The molecular formula is C15H16N4O4. The fraction of sp³-hybridized carbons (Fsp3) is 0.200. The Bertz CT molecular complexity index is 826. The van der Waals surface area contributed by atoms with Crippen molar-refractivity contribution in [2.24, 2.45) is 10.9 Å². The minimum absolute atomic E-state index is 0.0466. The standard InChI is InChI=1S/C15H16N4O4/c1-9(18-19-14(21)7-6-13(20)17-16)11-8-10-4-2-3-5-12(10)23-15(11)22/h2-5,8H,6-7,16H2,1H3,(H,17,20)(H,19,21)/b18-9-. The number of para-hydroxylation sites is 1. The van der Waals surface area contributed by atoms with Crippen LogP contribution in [0.15, 0.2) is 44.6 Å². The van der Waals surface area contributed by atoms with E-state index in [-0.39, 0.29) is 18.4 Å². The molecule has 2 rings (SSSR count). The average Bonchev–Trinajstić information content (AvgIpc) is 2.56. The van der Waals surface area contributed by atoms with Crippen LogP contribution in [0, 0.1) is 0 Å². The van der Waals surface area contributed by atoms with Crippen molar-refractivity contribution in [1.29, 1.82) is 0 Å². The van der Waals surface area contributed by atoms with Crippen LogP contribution in [-0.2, 0) is 9.59 Å². The Labute approximate surface area is 131 Å². The highest BCUT2D eigenvalue weighted by molar-refractivity contribution is 6.01. The molecule has 4 N–H and O–H groups in total. The summed E-state index contributed by atoms with van der Waals surface area (Å²) in [5.41, 5.74) is 4.71. The molecule has 0 saturated heterocycles. The number of hydrazone groups is 1. The fourth-order valence-electron chi connectivity index (χ4n) is 1.88. The molecular weight excluding hydrogens is 300 g/mol. The van der Waals surface area contributed by atoms with Crippen molar-refractivity contribution in [3.63, 3.8) is 0 Å². The van der Waals surface area contributed by atoms with Gasteiger partial charge in [-0.15, -0.1) is 0 Å². The van der Waals surface area contributed by atoms with Gasteiger partial charge >= 0.3 is 5.63 Å². The Morgan fingerprint density at radius 2 is 1.91 bits per heavy atom. The van der Waals surface area contributed by atoms with Crippen LogP contribution in [-0.4, -0.2) is 17.5 Å². The normalized spacial score (nSPS) is 11.3. The Balaban J connectivity index is 2.12. The van der Waals surface area contributed by atoms with E-state index in [9.17, 15) is 14.4 Å². The van der Waals surface area contributed by atoms with E-state index >= 15 is 0 Å². The van der Waals surface area contributed by atoms with Gasteiger partial charge in [0, 0.05) is 18.2 Å². The molecule has 0 aliphatic heterocycles. The van der Waals surface area contributed by atoms with Crippen LogP contribution in [0.25, 0.3) is 11.0 Å². The lowest BCUT2D eigenvalue weighted by Gasteiger charge is -2.03. The molecule has 0 unspecified atom stereocenters. The number of hydrazine groups is 1. The van der Waals surface area contributed by atoms with Gasteiger partial charge in [0.1, 0.15) is 5.58 Å². The molecule has 1 aromatic heterocycles. The average molecular weight is 316 g/mol. The lowest BCUT2D eigenvalue weighted by atomic mass is 10.1. The van der Waals surface area contributed by atoms with Crippen molar-refractivity contribution >= 4 is 28.5 Å². The van der Waals surface area contributed by atoms with Crippen molar-refractivity contribution in [3.05, 3.63) is 46.3 Å². The maximum absolute atomic E-state index is 11.9. The predicted molar refractivity (Wildman–Crippen MR) is 84.4 cm³/mol. The van der Waals surface area contributed by atoms with Gasteiger partial charge < -0.3 is 4.42 Å². The van der Waals surface area contributed by atoms with E-state index in [0.29, 0.717) is 11.3 Å². The molecule has 2 amide bonds. The molecule has 1 aromatic carbocycles. The number of rotatable bonds is 5. The summed E-state index contributed by atoms with van der Waals surface area (Å²) in [6, 6.07) is 8.73. The molecule has 0 spiro atoms. The zero-order valence-corrected chi connectivity index (χ0v) is 12.5. The Kier molecular flexibility index (Phi) is 5.21. The summed E-state index contributed by atoms with van der Waals surface area (Å²) in [5.74, 6) is 4.01. The van der Waals surface area contributed by atoms with Crippen molar-refractivity contribution < 1.29 is 14.0 Å². The summed E-state index contributed by atoms with van der Waals surface area (Å²) >= 11 is 0. The Morgan fingerprint density at radius 3 is 2.65 bits per heavy atom. The van der Waals surface area contributed by atoms with Crippen LogP contribution >= 0.6 is 0 Å². The first-order valence-corrected chi connectivity index (χ1v) is 6.87. The van der Waals surface area contributed by atoms with Gasteiger partial charge in [0.25, 0.3) is 0 Å². The van der Waals surface area contributed by atoms with Crippen molar-refractivity contribution in [2.45, 2.75) is 19.8 Å². The van der Waals surface area contributed by atoms with E-state index in [1.54, 1.807) is 31.2 Å². The number of hydrogen-bond donors (Lipinski definition) is 3. The van der Waals surface area contributed by atoms with Gasteiger partial charge in [-0.2, -0.15) is 5.10 Å². The predicted octanol–water partition coefficient (Wildman–Crippen LogP) is 0.403. The Morgan fingerprint density at radius 1 is 1.22 bits per heavy atom. The number of hydrogen-bond acceptors (Lipinski definition) is 6. The summed E-state index contributed by atoms with van der Waals surface area (Å²) in [4.78, 5) is 34.4. The van der Waals surface area contributed by atoms with E-state index in [1.165, 1.54) is 0 Å². The van der Waals surface area contributed by atoms with Crippen molar-refractivity contribution in [1.82, 2.24) is 10.9 Å². The first-order valence-electron chi connectivity index (χ1n) is 6.87. The lowest BCUT2D eigenvalue weighted by Crippen LogP contribution is -2.31. The van der Waals surface area contributed by atoms with Crippen LogP contribution in [0.3, 0.4) is 0 Å². The second-order valence-corrected chi connectivity index (χ2v) is 4.79. The molecule has 0 atom stereocenters. The summed E-state index contributed by atoms with van der Waals surface area (Å²) in [6.07, 6.45) is -0.110. The first-order chi connectivity index (χ1) is 11.0. The molecule has 8 heteroatoms. The van der Waals surface area contributed by atoms with E-state index in [2.05, 4.69) is 10.5 Å². The quantitative estimate of drug-likeness (QED) is 0.242. The van der Waals surface area contributed by atoms with Gasteiger partial charge in [-0.05, 0) is 19.1 Å². The number of nitrogens with one attached hydrogen (secondary N) is 2. The third kappa shape index (κ3) is 4.24. The second-order valence-electron chi connectivity index (χ2n) is 4.79. The molecule has 0 radical (unpaired) electrons. The third-order valence-electron chi connectivity index (χ3n) is 3.12. The number of carbonyl (C=O) groups excluding carboxylic acids is 2. The number of carbonyl (C=O) groups is 2. The minimum Gasteiger partial charge on any atom is -0.422 e. The van der Waals surface area contributed by atoms with Gasteiger partial charge in [0.2, 0.25) is 11.8 Å². The topological polar surface area (TPSA) is 127 Å². The van der Waals surface area contributed by atoms with Crippen LogP contribution in [0.2, 0.25) is 0 Å². The van der Waals surface area contributed by atoms with Crippen LogP contribution in [0.5, 0.6) is 0 Å². The third-order valence-corrected chi connectivity index (χ3v) is 3.12. The van der Waals surface area contributed by atoms with E-state index in [4.69, 9.17) is 10.3 Å². The zero-order valence-electron chi connectivity index (χ0n) is 12.5. The molecule has 2 aromatic rings. The van der Waals surface area contributed by atoms with Crippen molar-refractivity contribution in [3.8, 4) is 0 Å². The first kappa shape index (κ1) is 16.4. The smallest absolute Gasteiger partial charge is 0.345 e. The number of fused-ring (bicyclic) bond motifs is 1. The number of amides is 2. The molecule has 1 heterocycles. The minimum atomic E-state index is -0.540. The van der Waals surface area contributed by atoms with Crippen LogP contribution in [0.4, 0.5) is 0 Å². The van der Waals surface area contributed by atoms with Gasteiger partial charge in [-0.25, -0.2) is 16.1 Å². The zero-order chi connectivity index (χ0) is 16.8. The summed E-state index contributed by atoms with van der Waals surface area (Å²) in [5, 5.41) is 4.61. The van der Waals surface area contributed by atoms with Crippen molar-refractivity contribution in [2.75, 3.05) is 0 Å². The number of nitrogens with zero attached hydrogens (tertiary/aromatic N) is 1. The number of benzene rings is 1. The molecule has 0 bridgehead atoms. The maximum Gasteiger partial charge on any atom is 0.345 e. The highest BCUT2D eigenvalue weighted by Gasteiger charge is 2.09. The second kappa shape index (κ2) is 7.32. The van der Waals surface area contributed by atoms with Gasteiger partial charge in [0.15, 0.2) is 0 Å².